The molecule has 2 aromatic rings. The summed E-state index contributed by atoms with van der Waals surface area (Å²) in [6, 6.07) is 14.9. The first-order valence-corrected chi connectivity index (χ1v) is 6.36. The summed E-state index contributed by atoms with van der Waals surface area (Å²) in [4.78, 5) is 11.8. The van der Waals surface area contributed by atoms with Crippen molar-refractivity contribution in [1.29, 1.82) is 0 Å². The van der Waals surface area contributed by atoms with Crippen molar-refractivity contribution in [3.8, 4) is 0 Å². The molecule has 1 atom stereocenters. The zero-order chi connectivity index (χ0) is 14.4. The van der Waals surface area contributed by atoms with Crippen molar-refractivity contribution in [2.24, 2.45) is 5.73 Å². The average Bonchev–Trinajstić information content (AvgIpc) is 2.47. The normalized spacial score (nSPS) is 11.9. The van der Waals surface area contributed by atoms with Crippen molar-refractivity contribution >= 4 is 5.97 Å². The van der Waals surface area contributed by atoms with Gasteiger partial charge in [0.25, 0.3) is 0 Å². The lowest BCUT2D eigenvalue weighted by Crippen LogP contribution is -2.34. The highest BCUT2D eigenvalue weighted by Gasteiger charge is 2.16. The summed E-state index contributed by atoms with van der Waals surface area (Å²) >= 11 is 0. The van der Waals surface area contributed by atoms with Crippen molar-refractivity contribution in [2.45, 2.75) is 19.1 Å². The summed E-state index contributed by atoms with van der Waals surface area (Å²) in [7, 11) is 0. The smallest absolute Gasteiger partial charge is 0.323 e. The Kier molecular flexibility index (Phi) is 4.85. The topological polar surface area (TPSA) is 52.3 Å². The molecule has 0 heterocycles. The van der Waals surface area contributed by atoms with Crippen LogP contribution in [0.4, 0.5) is 4.39 Å². The highest BCUT2D eigenvalue weighted by molar-refractivity contribution is 5.75. The SMILES string of the molecule is N[C@@H](Cc1ccccc1)C(=O)OCc1ccccc1F. The van der Waals surface area contributed by atoms with Crippen molar-refractivity contribution in [3.63, 3.8) is 0 Å². The van der Waals surface area contributed by atoms with E-state index in [-0.39, 0.29) is 6.61 Å². The van der Waals surface area contributed by atoms with E-state index in [1.54, 1.807) is 18.2 Å². The first-order chi connectivity index (χ1) is 9.66. The molecule has 0 aliphatic rings. The third-order valence-corrected chi connectivity index (χ3v) is 2.93. The number of halogens is 1. The Morgan fingerprint density at radius 2 is 1.75 bits per heavy atom. The van der Waals surface area contributed by atoms with Gasteiger partial charge in [0.2, 0.25) is 0 Å². The van der Waals surface area contributed by atoms with Crippen LogP contribution in [0.15, 0.2) is 54.6 Å². The quantitative estimate of drug-likeness (QED) is 0.851. The van der Waals surface area contributed by atoms with Crippen molar-refractivity contribution < 1.29 is 13.9 Å². The number of hydrogen-bond acceptors (Lipinski definition) is 3. The molecule has 4 heteroatoms. The van der Waals surface area contributed by atoms with Gasteiger partial charge in [-0.2, -0.15) is 0 Å². The van der Waals surface area contributed by atoms with Gasteiger partial charge < -0.3 is 10.5 Å². The summed E-state index contributed by atoms with van der Waals surface area (Å²) in [6.07, 6.45) is 0.400. The molecular weight excluding hydrogens is 257 g/mol. The van der Waals surface area contributed by atoms with Crippen molar-refractivity contribution in [2.75, 3.05) is 0 Å². The van der Waals surface area contributed by atoms with Gasteiger partial charge in [-0.1, -0.05) is 48.5 Å². The van der Waals surface area contributed by atoms with Gasteiger partial charge in [0.1, 0.15) is 18.5 Å². The van der Waals surface area contributed by atoms with Crippen LogP contribution in [-0.4, -0.2) is 12.0 Å². The van der Waals surface area contributed by atoms with E-state index >= 15 is 0 Å². The van der Waals surface area contributed by atoms with Crippen molar-refractivity contribution in [1.82, 2.24) is 0 Å². The second kappa shape index (κ2) is 6.82. The Balaban J connectivity index is 1.87. The van der Waals surface area contributed by atoms with Crippen LogP contribution in [0.1, 0.15) is 11.1 Å². The second-order valence-electron chi connectivity index (χ2n) is 4.50. The third-order valence-electron chi connectivity index (χ3n) is 2.93. The average molecular weight is 273 g/mol. The van der Waals surface area contributed by atoms with Gasteiger partial charge in [0.15, 0.2) is 0 Å². The molecule has 0 saturated heterocycles. The Bertz CT molecular complexity index is 572. The lowest BCUT2D eigenvalue weighted by Gasteiger charge is -2.12. The maximum atomic E-state index is 13.4. The number of nitrogens with two attached hydrogens (primary N) is 1. The van der Waals surface area contributed by atoms with E-state index in [0.29, 0.717) is 12.0 Å². The van der Waals surface area contributed by atoms with Crippen LogP contribution in [0.25, 0.3) is 0 Å². The van der Waals surface area contributed by atoms with E-state index in [9.17, 15) is 9.18 Å². The fraction of sp³-hybridized carbons (Fsp3) is 0.188. The molecule has 0 amide bonds. The first-order valence-electron chi connectivity index (χ1n) is 6.36. The fourth-order valence-corrected chi connectivity index (χ4v) is 1.82. The number of hydrogen-bond donors (Lipinski definition) is 1. The second-order valence-corrected chi connectivity index (χ2v) is 4.50. The maximum absolute atomic E-state index is 13.4. The molecule has 20 heavy (non-hydrogen) atoms. The van der Waals surface area contributed by atoms with E-state index in [1.807, 2.05) is 30.3 Å². The first kappa shape index (κ1) is 14.2. The standard InChI is InChI=1S/C16H16FNO2/c17-14-9-5-4-8-13(14)11-20-16(19)15(18)10-12-6-2-1-3-7-12/h1-9,15H,10-11,18H2/t15-/m0/s1. The van der Waals surface area contributed by atoms with E-state index in [2.05, 4.69) is 0 Å². The maximum Gasteiger partial charge on any atom is 0.323 e. The third kappa shape index (κ3) is 3.90. The van der Waals surface area contributed by atoms with E-state index < -0.39 is 17.8 Å². The molecule has 2 rings (SSSR count). The predicted molar refractivity (Wildman–Crippen MR) is 74.3 cm³/mol. The molecule has 0 bridgehead atoms. The van der Waals surface area contributed by atoms with Gasteiger partial charge in [-0.3, -0.25) is 4.79 Å². The fourth-order valence-electron chi connectivity index (χ4n) is 1.82. The monoisotopic (exact) mass is 273 g/mol. The van der Waals surface area contributed by atoms with Crippen LogP contribution >= 0.6 is 0 Å². The van der Waals surface area contributed by atoms with Crippen LogP contribution in [0.3, 0.4) is 0 Å². The van der Waals surface area contributed by atoms with Crippen LogP contribution in [-0.2, 0) is 22.6 Å². The molecule has 2 N–H and O–H groups in total. The Hall–Kier alpha value is -2.20. The molecule has 0 fully saturated rings. The minimum atomic E-state index is -0.746. The molecule has 0 unspecified atom stereocenters. The van der Waals surface area contributed by atoms with Crippen LogP contribution in [0, 0.1) is 5.82 Å². The molecule has 0 aliphatic heterocycles. The molecule has 0 saturated carbocycles. The van der Waals surface area contributed by atoms with Gasteiger partial charge in [0, 0.05) is 5.56 Å². The van der Waals surface area contributed by atoms with Gasteiger partial charge in [-0.05, 0) is 18.1 Å². The summed E-state index contributed by atoms with van der Waals surface area (Å²) < 4.78 is 18.4. The van der Waals surface area contributed by atoms with Gasteiger partial charge in [-0.25, -0.2) is 4.39 Å². The van der Waals surface area contributed by atoms with Gasteiger partial charge in [-0.15, -0.1) is 0 Å². The van der Waals surface area contributed by atoms with E-state index in [4.69, 9.17) is 10.5 Å². The van der Waals surface area contributed by atoms with Crippen LogP contribution in [0.5, 0.6) is 0 Å². The Labute approximate surface area is 117 Å². The molecule has 2 aromatic carbocycles. The highest BCUT2D eigenvalue weighted by atomic mass is 19.1. The molecule has 0 radical (unpaired) electrons. The summed E-state index contributed by atoms with van der Waals surface area (Å²) in [5, 5.41) is 0. The molecule has 0 spiro atoms. The summed E-state index contributed by atoms with van der Waals surface area (Å²) in [5.74, 6) is -0.922. The minimum Gasteiger partial charge on any atom is -0.460 e. The van der Waals surface area contributed by atoms with Gasteiger partial charge in [0.05, 0.1) is 0 Å². The van der Waals surface area contributed by atoms with Crippen molar-refractivity contribution in [3.05, 3.63) is 71.5 Å². The van der Waals surface area contributed by atoms with Crippen LogP contribution < -0.4 is 5.73 Å². The summed E-state index contributed by atoms with van der Waals surface area (Å²) in [5.41, 5.74) is 7.08. The lowest BCUT2D eigenvalue weighted by atomic mass is 10.1. The number of ether oxygens (including phenoxy) is 1. The molecule has 104 valence electrons. The van der Waals surface area contributed by atoms with E-state index in [0.717, 1.165) is 5.56 Å². The number of benzene rings is 2. The minimum absolute atomic E-state index is 0.103. The molecular formula is C16H16FNO2. The zero-order valence-electron chi connectivity index (χ0n) is 11.0. The Morgan fingerprint density at radius 1 is 1.10 bits per heavy atom. The molecule has 0 aliphatic carbocycles. The Morgan fingerprint density at radius 3 is 2.45 bits per heavy atom. The number of carbonyl (C=O) groups is 1. The number of rotatable bonds is 5. The molecule has 3 nitrogen and oxygen atoms in total. The lowest BCUT2D eigenvalue weighted by molar-refractivity contribution is -0.146. The number of esters is 1. The van der Waals surface area contributed by atoms with Crippen LogP contribution in [0.2, 0.25) is 0 Å². The van der Waals surface area contributed by atoms with E-state index in [1.165, 1.54) is 6.07 Å². The highest BCUT2D eigenvalue weighted by Crippen LogP contribution is 2.09. The molecule has 0 aromatic heterocycles. The number of carbonyl (C=O) groups excluding carboxylic acids is 1. The summed E-state index contributed by atoms with van der Waals surface area (Å²) in [6.45, 7) is -0.103. The largest absolute Gasteiger partial charge is 0.460 e. The van der Waals surface area contributed by atoms with Gasteiger partial charge >= 0.3 is 5.97 Å². The predicted octanol–water partition coefficient (Wildman–Crippen LogP) is 2.44. The zero-order valence-corrected chi connectivity index (χ0v) is 11.0.